The van der Waals surface area contributed by atoms with Crippen molar-refractivity contribution in [3.8, 4) is 5.75 Å². The summed E-state index contributed by atoms with van der Waals surface area (Å²) in [5, 5.41) is 3.05. The third-order valence-electron chi connectivity index (χ3n) is 2.25. The molecule has 1 amide bonds. The Hall–Kier alpha value is -1.46. The standard InChI is InChI=1S/C12H14ClNO4/c1-7(2)18-12(15)14-9-3-8-5-16-6-17-11(8)10(13)4-9/h3-4,7H,5-6H2,1-2H3,(H,14,15). The molecule has 0 fully saturated rings. The quantitative estimate of drug-likeness (QED) is 0.898. The Labute approximate surface area is 110 Å². The molecule has 6 heteroatoms. The summed E-state index contributed by atoms with van der Waals surface area (Å²) in [6, 6.07) is 3.37. The minimum absolute atomic E-state index is 0.176. The molecule has 2 rings (SSSR count). The number of amides is 1. The maximum atomic E-state index is 11.5. The third-order valence-corrected chi connectivity index (χ3v) is 2.53. The van der Waals surface area contributed by atoms with Crippen molar-refractivity contribution in [2.45, 2.75) is 26.6 Å². The largest absolute Gasteiger partial charge is 0.466 e. The van der Waals surface area contributed by atoms with E-state index < -0.39 is 6.09 Å². The van der Waals surface area contributed by atoms with Crippen LogP contribution in [0, 0.1) is 0 Å². The van der Waals surface area contributed by atoms with E-state index in [0.29, 0.717) is 23.1 Å². The van der Waals surface area contributed by atoms with Crippen LogP contribution >= 0.6 is 11.6 Å². The molecular formula is C12H14ClNO4. The number of ether oxygens (including phenoxy) is 3. The lowest BCUT2D eigenvalue weighted by Gasteiger charge is -2.20. The number of benzene rings is 1. The van der Waals surface area contributed by atoms with Gasteiger partial charge >= 0.3 is 6.09 Å². The molecule has 1 aliphatic heterocycles. The predicted molar refractivity (Wildman–Crippen MR) is 67.0 cm³/mol. The lowest BCUT2D eigenvalue weighted by atomic mass is 10.2. The maximum absolute atomic E-state index is 11.5. The molecule has 98 valence electrons. The molecule has 0 atom stereocenters. The van der Waals surface area contributed by atoms with E-state index in [-0.39, 0.29) is 12.9 Å². The van der Waals surface area contributed by atoms with Crippen LogP contribution in [0.15, 0.2) is 12.1 Å². The summed E-state index contributed by atoms with van der Waals surface area (Å²) in [7, 11) is 0. The number of carbonyl (C=O) groups is 1. The Bertz CT molecular complexity index is 462. The number of nitrogens with one attached hydrogen (secondary N) is 1. The van der Waals surface area contributed by atoms with Crippen molar-refractivity contribution in [2.75, 3.05) is 12.1 Å². The first kappa shape index (κ1) is 13.0. The van der Waals surface area contributed by atoms with Crippen LogP contribution < -0.4 is 10.1 Å². The second-order valence-electron chi connectivity index (χ2n) is 4.14. The summed E-state index contributed by atoms with van der Waals surface area (Å²) in [5.74, 6) is 0.602. The molecule has 1 heterocycles. The zero-order valence-corrected chi connectivity index (χ0v) is 10.9. The molecule has 1 N–H and O–H groups in total. The third kappa shape index (κ3) is 3.05. The first-order valence-corrected chi connectivity index (χ1v) is 5.94. The summed E-state index contributed by atoms with van der Waals surface area (Å²) in [4.78, 5) is 11.5. The highest BCUT2D eigenvalue weighted by Gasteiger charge is 2.16. The van der Waals surface area contributed by atoms with Gasteiger partial charge in [-0.15, -0.1) is 0 Å². The van der Waals surface area contributed by atoms with Crippen molar-refractivity contribution >= 4 is 23.4 Å². The van der Waals surface area contributed by atoms with Crippen LogP contribution in [0.25, 0.3) is 0 Å². The minimum atomic E-state index is -0.515. The molecular weight excluding hydrogens is 258 g/mol. The van der Waals surface area contributed by atoms with Gasteiger partial charge in [-0.1, -0.05) is 11.6 Å². The summed E-state index contributed by atoms with van der Waals surface area (Å²) in [5.41, 5.74) is 1.35. The first-order valence-electron chi connectivity index (χ1n) is 5.57. The number of rotatable bonds is 2. The number of hydrogen-bond donors (Lipinski definition) is 1. The van der Waals surface area contributed by atoms with Gasteiger partial charge in [0.25, 0.3) is 0 Å². The molecule has 0 aromatic heterocycles. The maximum Gasteiger partial charge on any atom is 0.411 e. The molecule has 5 nitrogen and oxygen atoms in total. The fraction of sp³-hybridized carbons (Fsp3) is 0.417. The van der Waals surface area contributed by atoms with Crippen LogP contribution in [0.5, 0.6) is 5.75 Å². The molecule has 0 unspecified atom stereocenters. The van der Waals surface area contributed by atoms with Crippen molar-refractivity contribution in [1.29, 1.82) is 0 Å². The smallest absolute Gasteiger partial charge is 0.411 e. The van der Waals surface area contributed by atoms with Gasteiger partial charge in [0, 0.05) is 11.3 Å². The van der Waals surface area contributed by atoms with Gasteiger partial charge in [-0.3, -0.25) is 5.32 Å². The molecule has 0 spiro atoms. The molecule has 1 aliphatic rings. The van der Waals surface area contributed by atoms with Gasteiger partial charge in [0.1, 0.15) is 5.75 Å². The topological polar surface area (TPSA) is 56.8 Å². The Morgan fingerprint density at radius 2 is 2.28 bits per heavy atom. The Morgan fingerprint density at radius 1 is 1.50 bits per heavy atom. The highest BCUT2D eigenvalue weighted by Crippen LogP contribution is 2.35. The summed E-state index contributed by atoms with van der Waals surface area (Å²) in [6.07, 6.45) is -0.691. The van der Waals surface area contributed by atoms with Crippen LogP contribution in [-0.4, -0.2) is 19.0 Å². The van der Waals surface area contributed by atoms with Crippen molar-refractivity contribution < 1.29 is 19.0 Å². The lowest BCUT2D eigenvalue weighted by molar-refractivity contribution is -0.0162. The molecule has 0 aliphatic carbocycles. The van der Waals surface area contributed by atoms with Crippen molar-refractivity contribution in [3.05, 3.63) is 22.7 Å². The predicted octanol–water partition coefficient (Wildman–Crippen LogP) is 3.16. The van der Waals surface area contributed by atoms with Gasteiger partial charge in [-0.25, -0.2) is 4.79 Å². The molecule has 18 heavy (non-hydrogen) atoms. The number of fused-ring (bicyclic) bond motifs is 1. The second-order valence-corrected chi connectivity index (χ2v) is 4.54. The summed E-state index contributed by atoms with van der Waals surface area (Å²) >= 11 is 6.06. The number of halogens is 1. The minimum Gasteiger partial charge on any atom is -0.466 e. The number of anilines is 1. The van der Waals surface area contributed by atoms with Gasteiger partial charge in [0.2, 0.25) is 0 Å². The number of hydrogen-bond acceptors (Lipinski definition) is 4. The Morgan fingerprint density at radius 3 is 3.00 bits per heavy atom. The molecule has 0 saturated carbocycles. The molecule has 0 bridgehead atoms. The second kappa shape index (κ2) is 5.46. The van der Waals surface area contributed by atoms with Gasteiger partial charge in [-0.05, 0) is 26.0 Å². The fourth-order valence-corrected chi connectivity index (χ4v) is 1.90. The van der Waals surface area contributed by atoms with E-state index in [4.69, 9.17) is 25.8 Å². The van der Waals surface area contributed by atoms with Crippen molar-refractivity contribution in [2.24, 2.45) is 0 Å². The van der Waals surface area contributed by atoms with E-state index >= 15 is 0 Å². The zero-order chi connectivity index (χ0) is 13.1. The zero-order valence-electron chi connectivity index (χ0n) is 10.2. The highest BCUT2D eigenvalue weighted by molar-refractivity contribution is 6.32. The van der Waals surface area contributed by atoms with Crippen molar-refractivity contribution in [1.82, 2.24) is 0 Å². The van der Waals surface area contributed by atoms with Gasteiger partial charge in [-0.2, -0.15) is 0 Å². The van der Waals surface area contributed by atoms with E-state index in [1.54, 1.807) is 26.0 Å². The Balaban J connectivity index is 2.14. The molecule has 1 aromatic rings. The summed E-state index contributed by atoms with van der Waals surface area (Å²) in [6.45, 7) is 4.15. The van der Waals surface area contributed by atoms with Gasteiger partial charge < -0.3 is 14.2 Å². The first-order chi connectivity index (χ1) is 8.56. The van der Waals surface area contributed by atoms with Crippen LogP contribution in [0.4, 0.5) is 10.5 Å². The Kier molecular flexibility index (Phi) is 3.93. The van der Waals surface area contributed by atoms with Crippen molar-refractivity contribution in [3.63, 3.8) is 0 Å². The molecule has 1 aromatic carbocycles. The van der Waals surface area contributed by atoms with E-state index in [1.807, 2.05) is 0 Å². The SMILES string of the molecule is CC(C)OC(=O)Nc1cc(Cl)c2c(c1)COCO2. The van der Waals surface area contributed by atoms with E-state index in [0.717, 1.165) is 5.56 Å². The average molecular weight is 272 g/mol. The van der Waals surface area contributed by atoms with Crippen LogP contribution in [0.1, 0.15) is 19.4 Å². The van der Waals surface area contributed by atoms with E-state index in [9.17, 15) is 4.79 Å². The normalized spacial score (nSPS) is 13.8. The average Bonchev–Trinajstić information content (AvgIpc) is 2.27. The summed E-state index contributed by atoms with van der Waals surface area (Å²) < 4.78 is 15.4. The number of carbonyl (C=O) groups excluding carboxylic acids is 1. The molecule has 0 radical (unpaired) electrons. The lowest BCUT2D eigenvalue weighted by Crippen LogP contribution is -2.18. The van der Waals surface area contributed by atoms with E-state index in [1.165, 1.54) is 0 Å². The van der Waals surface area contributed by atoms with Crippen LogP contribution in [0.3, 0.4) is 0 Å². The monoisotopic (exact) mass is 271 g/mol. The van der Waals surface area contributed by atoms with Crippen LogP contribution in [-0.2, 0) is 16.1 Å². The fourth-order valence-electron chi connectivity index (χ4n) is 1.61. The van der Waals surface area contributed by atoms with Crippen LogP contribution in [0.2, 0.25) is 5.02 Å². The van der Waals surface area contributed by atoms with Gasteiger partial charge in [0.15, 0.2) is 6.79 Å². The van der Waals surface area contributed by atoms with Gasteiger partial charge in [0.05, 0.1) is 17.7 Å². The highest BCUT2D eigenvalue weighted by atomic mass is 35.5. The van der Waals surface area contributed by atoms with E-state index in [2.05, 4.69) is 5.32 Å². The molecule has 0 saturated heterocycles.